The molecule has 0 aliphatic rings. The predicted molar refractivity (Wildman–Crippen MR) is 74.9 cm³/mol. The second-order valence-corrected chi connectivity index (χ2v) is 4.11. The fraction of sp³-hybridized carbons (Fsp3) is 0.214. The molecule has 3 nitrogen and oxygen atoms in total. The van der Waals surface area contributed by atoms with Crippen molar-refractivity contribution in [3.63, 3.8) is 0 Å². The van der Waals surface area contributed by atoms with Gasteiger partial charge in [0, 0.05) is 16.5 Å². The van der Waals surface area contributed by atoms with Gasteiger partial charge in [-0.05, 0) is 19.9 Å². The summed E-state index contributed by atoms with van der Waals surface area (Å²) in [5.74, 6) is 0.644. The van der Waals surface area contributed by atoms with Crippen LogP contribution in [0.5, 0.6) is 0 Å². The first-order valence-electron chi connectivity index (χ1n) is 5.50. The Labute approximate surface area is 112 Å². The van der Waals surface area contributed by atoms with Crippen molar-refractivity contribution in [2.45, 2.75) is 20.4 Å². The van der Waals surface area contributed by atoms with Gasteiger partial charge in [0.2, 0.25) is 5.91 Å². The van der Waals surface area contributed by atoms with Crippen LogP contribution in [0.2, 0.25) is 0 Å². The van der Waals surface area contributed by atoms with Crippen LogP contribution < -0.4 is 5.32 Å². The van der Waals surface area contributed by atoms with E-state index in [2.05, 4.69) is 11.9 Å². The van der Waals surface area contributed by atoms with Crippen molar-refractivity contribution >= 4 is 29.3 Å². The molecule has 0 saturated heterocycles. The molecule has 1 aromatic carbocycles. The maximum Gasteiger partial charge on any atom is 0.246 e. The fourth-order valence-corrected chi connectivity index (χ4v) is 1.71. The minimum Gasteiger partial charge on any atom is -0.459 e. The summed E-state index contributed by atoms with van der Waals surface area (Å²) in [6.07, 6.45) is 0. The van der Waals surface area contributed by atoms with E-state index in [0.717, 1.165) is 22.3 Å². The zero-order chi connectivity index (χ0) is 12.4. The summed E-state index contributed by atoms with van der Waals surface area (Å²) in [5, 5.41) is 3.86. The maximum atomic E-state index is 11.4. The highest BCUT2D eigenvalue weighted by molar-refractivity contribution is 5.92. The molecule has 0 atom stereocenters. The number of aryl methyl sites for hydroxylation is 1. The van der Waals surface area contributed by atoms with Gasteiger partial charge in [-0.1, -0.05) is 24.8 Å². The van der Waals surface area contributed by atoms with E-state index < -0.39 is 0 Å². The van der Waals surface area contributed by atoms with E-state index in [9.17, 15) is 4.79 Å². The number of amides is 1. The Balaban J connectivity index is 0.00000162. The molecule has 0 radical (unpaired) electrons. The van der Waals surface area contributed by atoms with Crippen molar-refractivity contribution in [2.75, 3.05) is 0 Å². The summed E-state index contributed by atoms with van der Waals surface area (Å²) < 4.78 is 5.68. The van der Waals surface area contributed by atoms with Gasteiger partial charge in [0.1, 0.15) is 11.3 Å². The largest absolute Gasteiger partial charge is 0.459 e. The first-order valence-corrected chi connectivity index (χ1v) is 5.50. The van der Waals surface area contributed by atoms with Gasteiger partial charge in [-0.25, -0.2) is 0 Å². The monoisotopic (exact) mass is 265 g/mol. The van der Waals surface area contributed by atoms with Gasteiger partial charge in [-0.3, -0.25) is 4.79 Å². The Kier molecular flexibility index (Phi) is 4.56. The van der Waals surface area contributed by atoms with Crippen molar-refractivity contribution in [3.05, 3.63) is 47.7 Å². The molecule has 2 rings (SSSR count). The number of rotatable bonds is 3. The maximum absolute atomic E-state index is 11.4. The Hall–Kier alpha value is -1.74. The van der Waals surface area contributed by atoms with Crippen molar-refractivity contribution in [3.8, 4) is 0 Å². The topological polar surface area (TPSA) is 42.2 Å². The number of hydrogen-bond donors (Lipinski definition) is 1. The minimum atomic E-state index is -0.148. The molecule has 1 N–H and O–H groups in total. The van der Waals surface area contributed by atoms with Gasteiger partial charge >= 0.3 is 0 Å². The van der Waals surface area contributed by atoms with E-state index in [4.69, 9.17) is 4.42 Å². The quantitative estimate of drug-likeness (QED) is 0.865. The van der Waals surface area contributed by atoms with Crippen molar-refractivity contribution < 1.29 is 9.21 Å². The third-order valence-corrected chi connectivity index (χ3v) is 2.74. The van der Waals surface area contributed by atoms with Gasteiger partial charge in [0.05, 0.1) is 6.54 Å². The highest BCUT2D eigenvalue weighted by Gasteiger charge is 2.10. The van der Waals surface area contributed by atoms with Crippen LogP contribution in [0.3, 0.4) is 0 Å². The molecular weight excluding hydrogens is 250 g/mol. The lowest BCUT2D eigenvalue weighted by Gasteiger charge is -2.02. The summed E-state index contributed by atoms with van der Waals surface area (Å²) in [7, 11) is 0. The molecule has 1 amide bonds. The second kappa shape index (κ2) is 5.74. The van der Waals surface area contributed by atoms with Crippen LogP contribution in [0, 0.1) is 6.92 Å². The number of nitrogens with one attached hydrogen (secondary N) is 1. The third-order valence-electron chi connectivity index (χ3n) is 2.74. The van der Waals surface area contributed by atoms with E-state index in [1.807, 2.05) is 31.2 Å². The van der Waals surface area contributed by atoms with Gasteiger partial charge in [0.25, 0.3) is 0 Å². The molecule has 1 heterocycles. The molecule has 18 heavy (non-hydrogen) atoms. The first-order chi connectivity index (χ1) is 8.09. The molecule has 4 heteroatoms. The minimum absolute atomic E-state index is 0. The summed E-state index contributed by atoms with van der Waals surface area (Å²) in [6.45, 7) is 7.66. The van der Waals surface area contributed by atoms with Gasteiger partial charge in [-0.2, -0.15) is 0 Å². The SMILES string of the molecule is C=C(C)C(=O)NCc1oc2ccccc2c1C.Cl. The summed E-state index contributed by atoms with van der Waals surface area (Å²) in [6, 6.07) is 7.84. The van der Waals surface area contributed by atoms with Crippen LogP contribution >= 0.6 is 12.4 Å². The lowest BCUT2D eigenvalue weighted by Crippen LogP contribution is -2.23. The van der Waals surface area contributed by atoms with Crippen LogP contribution in [-0.4, -0.2) is 5.91 Å². The van der Waals surface area contributed by atoms with E-state index >= 15 is 0 Å². The van der Waals surface area contributed by atoms with Crippen LogP contribution in [0.1, 0.15) is 18.2 Å². The normalized spacial score (nSPS) is 9.89. The average molecular weight is 266 g/mol. The third kappa shape index (κ3) is 2.74. The van der Waals surface area contributed by atoms with Gasteiger partial charge < -0.3 is 9.73 Å². The van der Waals surface area contributed by atoms with E-state index in [-0.39, 0.29) is 18.3 Å². The zero-order valence-electron chi connectivity index (χ0n) is 10.4. The standard InChI is InChI=1S/C14H15NO2.ClH/c1-9(2)14(16)15-8-13-10(3)11-6-4-5-7-12(11)17-13;/h4-7H,1,8H2,2-3H3,(H,15,16);1H. The smallest absolute Gasteiger partial charge is 0.246 e. The Morgan fingerprint density at radius 2 is 2.06 bits per heavy atom. The number of carbonyl (C=O) groups is 1. The number of furan rings is 1. The molecule has 96 valence electrons. The summed E-state index contributed by atoms with van der Waals surface area (Å²) >= 11 is 0. The number of benzene rings is 1. The molecule has 0 aliphatic heterocycles. The number of fused-ring (bicyclic) bond motifs is 1. The lowest BCUT2D eigenvalue weighted by atomic mass is 10.1. The Bertz CT molecular complexity index is 586. The molecule has 2 aromatic rings. The van der Waals surface area contributed by atoms with Crippen LogP contribution in [0.4, 0.5) is 0 Å². The molecule has 1 aromatic heterocycles. The number of carbonyl (C=O) groups excluding carboxylic acids is 1. The van der Waals surface area contributed by atoms with Crippen LogP contribution in [0.25, 0.3) is 11.0 Å². The molecule has 0 fully saturated rings. The lowest BCUT2D eigenvalue weighted by molar-refractivity contribution is -0.117. The molecule has 0 spiro atoms. The molecule has 0 aliphatic carbocycles. The summed E-state index contributed by atoms with van der Waals surface area (Å²) in [5.41, 5.74) is 2.42. The molecule has 0 saturated carbocycles. The van der Waals surface area contributed by atoms with E-state index in [1.165, 1.54) is 0 Å². The van der Waals surface area contributed by atoms with Gasteiger partial charge in [-0.15, -0.1) is 12.4 Å². The van der Waals surface area contributed by atoms with E-state index in [0.29, 0.717) is 12.1 Å². The average Bonchev–Trinajstić information content (AvgIpc) is 2.64. The van der Waals surface area contributed by atoms with Crippen LogP contribution in [-0.2, 0) is 11.3 Å². The highest BCUT2D eigenvalue weighted by Crippen LogP contribution is 2.24. The fourth-order valence-electron chi connectivity index (χ4n) is 1.71. The summed E-state index contributed by atoms with van der Waals surface area (Å²) in [4.78, 5) is 11.4. The second-order valence-electron chi connectivity index (χ2n) is 4.11. The van der Waals surface area contributed by atoms with Gasteiger partial charge in [0.15, 0.2) is 0 Å². The molecule has 0 bridgehead atoms. The number of para-hydroxylation sites is 1. The van der Waals surface area contributed by atoms with Crippen molar-refractivity contribution in [1.29, 1.82) is 0 Å². The van der Waals surface area contributed by atoms with Crippen molar-refractivity contribution in [2.24, 2.45) is 0 Å². The zero-order valence-corrected chi connectivity index (χ0v) is 11.3. The van der Waals surface area contributed by atoms with E-state index in [1.54, 1.807) is 6.92 Å². The number of halogens is 1. The number of hydrogen-bond acceptors (Lipinski definition) is 2. The first kappa shape index (κ1) is 14.3. The highest BCUT2D eigenvalue weighted by atomic mass is 35.5. The molecular formula is C14H16ClNO2. The Morgan fingerprint density at radius 3 is 2.67 bits per heavy atom. The molecule has 0 unspecified atom stereocenters. The predicted octanol–water partition coefficient (Wildman–Crippen LogP) is 3.36. The van der Waals surface area contributed by atoms with Crippen LogP contribution in [0.15, 0.2) is 40.8 Å². The van der Waals surface area contributed by atoms with Crippen molar-refractivity contribution in [1.82, 2.24) is 5.32 Å². The Morgan fingerprint density at radius 1 is 1.39 bits per heavy atom.